The van der Waals surface area contributed by atoms with Crippen molar-refractivity contribution in [1.29, 1.82) is 0 Å². The predicted molar refractivity (Wildman–Crippen MR) is 95.9 cm³/mol. The Kier molecular flexibility index (Phi) is 4.39. The van der Waals surface area contributed by atoms with Crippen LogP contribution in [0.25, 0.3) is 0 Å². The molecule has 1 aromatic carbocycles. The highest BCUT2D eigenvalue weighted by Gasteiger charge is 2.53. The number of phenols is 1. The average molecular weight is 364 g/mol. The molecule has 1 N–H and O–H groups in total. The summed E-state index contributed by atoms with van der Waals surface area (Å²) in [7, 11) is 0. The van der Waals surface area contributed by atoms with E-state index in [1.807, 2.05) is 6.07 Å². The van der Waals surface area contributed by atoms with Crippen LogP contribution >= 0.6 is 17.0 Å². The number of phenolic OH excluding ortho intramolecular Hbond substituents is 1. The van der Waals surface area contributed by atoms with E-state index in [0.717, 1.165) is 18.9 Å². The Bertz CT molecular complexity index is 573. The Balaban J connectivity index is 0.00000144. The van der Waals surface area contributed by atoms with Gasteiger partial charge in [-0.1, -0.05) is 25.0 Å². The molecule has 120 valence electrons. The lowest BCUT2D eigenvalue weighted by molar-refractivity contribution is -0.00517. The quantitative estimate of drug-likeness (QED) is 0.795. The lowest BCUT2D eigenvalue weighted by atomic mass is 9.52. The summed E-state index contributed by atoms with van der Waals surface area (Å²) in [5.74, 6) is 1.22. The van der Waals surface area contributed by atoms with Crippen LogP contribution in [0.5, 0.6) is 5.75 Å². The molecule has 3 heteroatoms. The van der Waals surface area contributed by atoms with Crippen molar-refractivity contribution < 1.29 is 5.11 Å². The highest BCUT2D eigenvalue weighted by molar-refractivity contribution is 8.93. The fourth-order valence-electron chi connectivity index (χ4n) is 5.47. The second-order valence-electron chi connectivity index (χ2n) is 7.15. The van der Waals surface area contributed by atoms with E-state index >= 15 is 0 Å². The Morgan fingerprint density at radius 1 is 1.32 bits per heavy atom. The van der Waals surface area contributed by atoms with E-state index < -0.39 is 0 Å². The minimum atomic E-state index is 0. The number of piperidine rings is 1. The molecule has 1 saturated heterocycles. The van der Waals surface area contributed by atoms with Crippen LogP contribution < -0.4 is 0 Å². The van der Waals surface area contributed by atoms with Crippen molar-refractivity contribution in [3.63, 3.8) is 0 Å². The number of benzene rings is 1. The number of rotatable bonds is 2. The molecule has 4 rings (SSSR count). The van der Waals surface area contributed by atoms with Crippen LogP contribution in [0.1, 0.15) is 43.2 Å². The lowest BCUT2D eigenvalue weighted by Gasteiger charge is -2.59. The summed E-state index contributed by atoms with van der Waals surface area (Å²) in [4.78, 5) is 2.65. The van der Waals surface area contributed by atoms with Crippen molar-refractivity contribution in [2.45, 2.75) is 50.0 Å². The molecular formula is C19H26BrNO. The summed E-state index contributed by atoms with van der Waals surface area (Å²) in [6, 6.07) is 6.79. The molecule has 0 radical (unpaired) electrons. The first-order valence-electron chi connectivity index (χ1n) is 8.42. The highest BCUT2D eigenvalue weighted by Crippen LogP contribution is 2.56. The van der Waals surface area contributed by atoms with E-state index in [4.69, 9.17) is 0 Å². The molecule has 2 fully saturated rings. The zero-order chi connectivity index (χ0) is 14.4. The monoisotopic (exact) mass is 363 g/mol. The number of aromatic hydroxyl groups is 1. The fourth-order valence-corrected chi connectivity index (χ4v) is 5.47. The molecule has 1 heterocycles. The minimum Gasteiger partial charge on any atom is -0.508 e. The summed E-state index contributed by atoms with van der Waals surface area (Å²) >= 11 is 0. The van der Waals surface area contributed by atoms with Gasteiger partial charge in [0.15, 0.2) is 0 Å². The molecule has 0 aromatic heterocycles. The summed E-state index contributed by atoms with van der Waals surface area (Å²) < 4.78 is 0. The first-order valence-corrected chi connectivity index (χ1v) is 8.42. The van der Waals surface area contributed by atoms with Crippen molar-refractivity contribution in [2.75, 3.05) is 13.1 Å². The van der Waals surface area contributed by atoms with Gasteiger partial charge in [-0.2, -0.15) is 0 Å². The van der Waals surface area contributed by atoms with E-state index in [9.17, 15) is 5.11 Å². The number of hydrogen-bond donors (Lipinski definition) is 1. The third-order valence-corrected chi connectivity index (χ3v) is 6.30. The van der Waals surface area contributed by atoms with Crippen LogP contribution in [0, 0.1) is 5.92 Å². The molecule has 2 nitrogen and oxygen atoms in total. The van der Waals surface area contributed by atoms with Gasteiger partial charge in [0.25, 0.3) is 0 Å². The van der Waals surface area contributed by atoms with E-state index in [-0.39, 0.29) is 17.0 Å². The maximum atomic E-state index is 9.98. The molecule has 1 aromatic rings. The predicted octanol–water partition coefficient (Wildman–Crippen LogP) is 4.21. The number of nitrogens with zero attached hydrogens (tertiary/aromatic N) is 1. The number of halogens is 1. The van der Waals surface area contributed by atoms with Gasteiger partial charge in [0.2, 0.25) is 0 Å². The highest BCUT2D eigenvalue weighted by atomic mass is 79.9. The Morgan fingerprint density at radius 3 is 3.00 bits per heavy atom. The Hall–Kier alpha value is -0.800. The van der Waals surface area contributed by atoms with Gasteiger partial charge < -0.3 is 5.11 Å². The summed E-state index contributed by atoms with van der Waals surface area (Å²) in [6.45, 7) is 6.15. The second-order valence-corrected chi connectivity index (χ2v) is 7.15. The van der Waals surface area contributed by atoms with Crippen LogP contribution in [0.15, 0.2) is 30.9 Å². The van der Waals surface area contributed by atoms with Crippen LogP contribution in [-0.4, -0.2) is 29.1 Å². The molecule has 3 atom stereocenters. The maximum absolute atomic E-state index is 9.98. The van der Waals surface area contributed by atoms with E-state index in [1.165, 1.54) is 49.8 Å². The SMILES string of the molecule is Br.C=CCN1CC[C@]23CCCC[C@H]2[C@H]1Cc1ccc(O)cc13. The van der Waals surface area contributed by atoms with Crippen LogP contribution in [0.3, 0.4) is 0 Å². The third kappa shape index (κ3) is 2.25. The van der Waals surface area contributed by atoms with Crippen molar-refractivity contribution in [2.24, 2.45) is 5.92 Å². The standard InChI is InChI=1S/C19H25NO.BrH/c1-2-10-20-11-9-19-8-4-3-5-16(19)18(20)12-14-6-7-15(21)13-17(14)19;/h2,6-7,13,16,18,21H,1,3-5,8-12H2;1H/t16-,18+,19+;/m0./s1. The van der Waals surface area contributed by atoms with Gasteiger partial charge in [-0.25, -0.2) is 0 Å². The first-order chi connectivity index (χ1) is 10.2. The van der Waals surface area contributed by atoms with Crippen molar-refractivity contribution in [3.05, 3.63) is 42.0 Å². The molecule has 2 bridgehead atoms. The molecule has 22 heavy (non-hydrogen) atoms. The van der Waals surface area contributed by atoms with E-state index in [2.05, 4.69) is 29.7 Å². The number of fused-ring (bicyclic) bond motifs is 1. The van der Waals surface area contributed by atoms with Gasteiger partial charge in [0.1, 0.15) is 5.75 Å². The van der Waals surface area contributed by atoms with E-state index in [0.29, 0.717) is 17.2 Å². The van der Waals surface area contributed by atoms with Gasteiger partial charge in [-0.15, -0.1) is 23.6 Å². The average Bonchev–Trinajstić information content (AvgIpc) is 2.51. The number of likely N-dealkylation sites (tertiary alicyclic amines) is 1. The van der Waals surface area contributed by atoms with Gasteiger partial charge in [-0.3, -0.25) is 4.90 Å². The molecule has 1 aliphatic heterocycles. The molecule has 3 aliphatic rings. The summed E-state index contributed by atoms with van der Waals surface area (Å²) in [6.07, 6.45) is 9.84. The van der Waals surface area contributed by atoms with Gasteiger partial charge in [-0.05, 0) is 61.4 Å². The van der Waals surface area contributed by atoms with Crippen LogP contribution in [0.4, 0.5) is 0 Å². The fraction of sp³-hybridized carbons (Fsp3) is 0.579. The van der Waals surface area contributed by atoms with Crippen LogP contribution in [-0.2, 0) is 11.8 Å². The lowest BCUT2D eigenvalue weighted by Crippen LogP contribution is -2.60. The topological polar surface area (TPSA) is 23.5 Å². The third-order valence-electron chi connectivity index (χ3n) is 6.30. The first kappa shape index (κ1) is 16.1. The Labute approximate surface area is 144 Å². The molecule has 2 aliphatic carbocycles. The zero-order valence-corrected chi connectivity index (χ0v) is 14.8. The van der Waals surface area contributed by atoms with Crippen molar-refractivity contribution in [3.8, 4) is 5.75 Å². The molecular weight excluding hydrogens is 338 g/mol. The smallest absolute Gasteiger partial charge is 0.115 e. The number of hydrogen-bond acceptors (Lipinski definition) is 2. The largest absolute Gasteiger partial charge is 0.508 e. The van der Waals surface area contributed by atoms with Gasteiger partial charge in [0, 0.05) is 18.0 Å². The summed E-state index contributed by atoms with van der Waals surface area (Å²) in [5, 5.41) is 9.98. The zero-order valence-electron chi connectivity index (χ0n) is 13.1. The van der Waals surface area contributed by atoms with Crippen LogP contribution in [0.2, 0.25) is 0 Å². The van der Waals surface area contributed by atoms with E-state index in [1.54, 1.807) is 0 Å². The maximum Gasteiger partial charge on any atom is 0.115 e. The second kappa shape index (κ2) is 6.01. The minimum absolute atomic E-state index is 0. The van der Waals surface area contributed by atoms with Crippen molar-refractivity contribution in [1.82, 2.24) is 4.90 Å². The molecule has 0 unspecified atom stereocenters. The van der Waals surface area contributed by atoms with Crippen molar-refractivity contribution >= 4 is 17.0 Å². The van der Waals surface area contributed by atoms with Gasteiger partial charge >= 0.3 is 0 Å². The molecule has 1 saturated carbocycles. The molecule has 0 amide bonds. The summed E-state index contributed by atoms with van der Waals surface area (Å²) in [5.41, 5.74) is 3.29. The Morgan fingerprint density at radius 2 is 2.18 bits per heavy atom. The molecule has 0 spiro atoms. The van der Waals surface area contributed by atoms with Gasteiger partial charge in [0.05, 0.1) is 0 Å². The normalized spacial score (nSPS) is 33.3.